The number of ether oxygens (including phenoxy) is 1. The van der Waals surface area contributed by atoms with E-state index in [-0.39, 0.29) is 5.84 Å². The zero-order valence-corrected chi connectivity index (χ0v) is 11.5. The summed E-state index contributed by atoms with van der Waals surface area (Å²) in [5.41, 5.74) is 6.98. The van der Waals surface area contributed by atoms with Crippen molar-refractivity contribution in [1.82, 2.24) is 4.98 Å². The number of para-hydroxylation sites is 1. The van der Waals surface area contributed by atoms with Gasteiger partial charge < -0.3 is 10.5 Å². The quantitative estimate of drug-likeness (QED) is 0.570. The van der Waals surface area contributed by atoms with Crippen LogP contribution in [0.1, 0.15) is 10.4 Å². The monoisotopic (exact) mass is 283 g/mol. The number of nitrogen functional groups attached to an aromatic ring is 1. The van der Waals surface area contributed by atoms with Crippen molar-refractivity contribution >= 4 is 28.1 Å². The van der Waals surface area contributed by atoms with Gasteiger partial charge in [-0.15, -0.1) is 11.3 Å². The Morgan fingerprint density at radius 2 is 2.10 bits per heavy atom. The number of amidine groups is 1. The molecule has 0 aliphatic heterocycles. The maximum absolute atomic E-state index is 7.66. The first kappa shape index (κ1) is 12.6. The smallest absolute Gasteiger partial charge is 0.141 e. The Bertz CT molecular complexity index is 753. The van der Waals surface area contributed by atoms with Crippen LogP contribution in [0.15, 0.2) is 48.0 Å². The molecule has 2 aromatic heterocycles. The van der Waals surface area contributed by atoms with E-state index in [0.29, 0.717) is 17.9 Å². The van der Waals surface area contributed by atoms with Crippen LogP contribution < -0.4 is 10.5 Å². The van der Waals surface area contributed by atoms with Crippen LogP contribution in [-0.4, -0.2) is 10.8 Å². The average Bonchev–Trinajstić information content (AvgIpc) is 2.97. The summed E-state index contributed by atoms with van der Waals surface area (Å²) in [6.45, 7) is 0.464. The number of benzene rings is 1. The summed E-state index contributed by atoms with van der Waals surface area (Å²) in [6.07, 6.45) is 1.59. The highest BCUT2D eigenvalue weighted by molar-refractivity contribution is 7.09. The van der Waals surface area contributed by atoms with E-state index in [4.69, 9.17) is 15.9 Å². The van der Waals surface area contributed by atoms with Crippen LogP contribution >= 0.6 is 11.3 Å². The Morgan fingerprint density at radius 1 is 1.25 bits per heavy atom. The van der Waals surface area contributed by atoms with Gasteiger partial charge in [0.15, 0.2) is 0 Å². The summed E-state index contributed by atoms with van der Waals surface area (Å²) in [7, 11) is 0. The topological polar surface area (TPSA) is 72.0 Å². The van der Waals surface area contributed by atoms with Gasteiger partial charge in [-0.05, 0) is 23.6 Å². The molecule has 0 fully saturated rings. The molecule has 100 valence electrons. The highest BCUT2D eigenvalue weighted by Gasteiger charge is 2.12. The van der Waals surface area contributed by atoms with Gasteiger partial charge in [0.1, 0.15) is 18.2 Å². The summed E-state index contributed by atoms with van der Waals surface area (Å²) in [5.74, 6) is 0.584. The lowest BCUT2D eigenvalue weighted by atomic mass is 10.1. The number of pyridine rings is 1. The van der Waals surface area contributed by atoms with Crippen molar-refractivity contribution in [2.75, 3.05) is 0 Å². The highest BCUT2D eigenvalue weighted by atomic mass is 32.1. The molecule has 5 heteroatoms. The fraction of sp³-hybridized carbons (Fsp3) is 0.0667. The van der Waals surface area contributed by atoms with Gasteiger partial charge in [-0.25, -0.2) is 0 Å². The van der Waals surface area contributed by atoms with Crippen molar-refractivity contribution in [2.45, 2.75) is 6.61 Å². The zero-order chi connectivity index (χ0) is 13.9. The molecule has 0 radical (unpaired) electrons. The van der Waals surface area contributed by atoms with Crippen molar-refractivity contribution in [1.29, 1.82) is 5.41 Å². The minimum absolute atomic E-state index is 0.0376. The van der Waals surface area contributed by atoms with E-state index in [1.807, 2.05) is 41.8 Å². The van der Waals surface area contributed by atoms with E-state index >= 15 is 0 Å². The second-order valence-corrected chi connectivity index (χ2v) is 5.33. The summed E-state index contributed by atoms with van der Waals surface area (Å²) in [5, 5.41) is 10.5. The summed E-state index contributed by atoms with van der Waals surface area (Å²) >= 11 is 1.64. The number of nitrogens with zero attached hydrogens (tertiary/aromatic N) is 1. The van der Waals surface area contributed by atoms with Crippen molar-refractivity contribution in [2.24, 2.45) is 5.73 Å². The molecule has 3 N–H and O–H groups in total. The molecule has 3 rings (SSSR count). The molecule has 2 heterocycles. The zero-order valence-electron chi connectivity index (χ0n) is 10.7. The minimum Gasteiger partial charge on any atom is -0.487 e. The predicted octanol–water partition coefficient (Wildman–Crippen LogP) is 3.16. The van der Waals surface area contributed by atoms with Crippen LogP contribution in [0.4, 0.5) is 0 Å². The number of fused-ring (bicyclic) bond motifs is 1. The molecule has 0 saturated heterocycles. The standard InChI is InChI=1S/C15H13N3OS/c16-15(17)12-8-18-13-6-2-1-5-11(13)14(12)19-9-10-4-3-7-20-10/h1-8H,9H2,(H3,16,17). The molecular formula is C15H13N3OS. The van der Waals surface area contributed by atoms with Crippen molar-refractivity contribution in [3.63, 3.8) is 0 Å². The molecule has 0 spiro atoms. The number of rotatable bonds is 4. The number of nitrogens with one attached hydrogen (secondary N) is 1. The van der Waals surface area contributed by atoms with Crippen molar-refractivity contribution in [3.05, 3.63) is 58.4 Å². The Labute approximate surface area is 120 Å². The number of nitrogens with two attached hydrogens (primary N) is 1. The molecule has 0 bridgehead atoms. The SMILES string of the molecule is N=C(N)c1cnc2ccccc2c1OCc1cccs1. The van der Waals surface area contributed by atoms with Gasteiger partial charge in [0.2, 0.25) is 0 Å². The third-order valence-electron chi connectivity index (χ3n) is 2.96. The molecule has 0 unspecified atom stereocenters. The Kier molecular flexibility index (Phi) is 3.35. The van der Waals surface area contributed by atoms with E-state index in [0.717, 1.165) is 15.8 Å². The second kappa shape index (κ2) is 5.30. The summed E-state index contributed by atoms with van der Waals surface area (Å²) in [4.78, 5) is 5.44. The number of aromatic nitrogens is 1. The Balaban J connectivity index is 2.05. The molecule has 20 heavy (non-hydrogen) atoms. The van der Waals surface area contributed by atoms with Gasteiger partial charge in [-0.1, -0.05) is 18.2 Å². The largest absolute Gasteiger partial charge is 0.487 e. The molecule has 0 amide bonds. The van der Waals surface area contributed by atoms with Gasteiger partial charge in [0.05, 0.1) is 11.1 Å². The van der Waals surface area contributed by atoms with E-state index < -0.39 is 0 Å². The predicted molar refractivity (Wildman–Crippen MR) is 81.4 cm³/mol. The van der Waals surface area contributed by atoms with E-state index in [1.54, 1.807) is 17.5 Å². The van der Waals surface area contributed by atoms with Crippen molar-refractivity contribution in [3.8, 4) is 5.75 Å². The summed E-state index contributed by atoms with van der Waals surface area (Å²) < 4.78 is 5.91. The Morgan fingerprint density at radius 3 is 2.85 bits per heavy atom. The first-order chi connectivity index (χ1) is 9.75. The average molecular weight is 283 g/mol. The van der Waals surface area contributed by atoms with Crippen LogP contribution in [0.3, 0.4) is 0 Å². The molecule has 3 aromatic rings. The maximum Gasteiger partial charge on any atom is 0.141 e. The molecular weight excluding hydrogens is 270 g/mol. The molecule has 1 aromatic carbocycles. The molecule has 0 saturated carbocycles. The van der Waals surface area contributed by atoms with Crippen LogP contribution in [0.25, 0.3) is 10.9 Å². The van der Waals surface area contributed by atoms with E-state index in [9.17, 15) is 0 Å². The Hall–Kier alpha value is -2.40. The molecule has 4 nitrogen and oxygen atoms in total. The highest BCUT2D eigenvalue weighted by Crippen LogP contribution is 2.29. The van der Waals surface area contributed by atoms with Gasteiger partial charge in [0, 0.05) is 16.5 Å². The van der Waals surface area contributed by atoms with Crippen LogP contribution in [0, 0.1) is 5.41 Å². The van der Waals surface area contributed by atoms with Gasteiger partial charge in [-0.3, -0.25) is 10.4 Å². The van der Waals surface area contributed by atoms with Gasteiger partial charge >= 0.3 is 0 Å². The first-order valence-corrected chi connectivity index (χ1v) is 7.01. The van der Waals surface area contributed by atoms with Crippen LogP contribution in [0.2, 0.25) is 0 Å². The second-order valence-electron chi connectivity index (χ2n) is 4.30. The van der Waals surface area contributed by atoms with Gasteiger partial charge in [0.25, 0.3) is 0 Å². The van der Waals surface area contributed by atoms with E-state index in [2.05, 4.69) is 4.98 Å². The number of thiophene rings is 1. The third kappa shape index (κ3) is 2.35. The molecule has 0 aliphatic carbocycles. The lowest BCUT2D eigenvalue weighted by Crippen LogP contribution is -2.14. The maximum atomic E-state index is 7.66. The first-order valence-electron chi connectivity index (χ1n) is 6.13. The number of hydrogen-bond acceptors (Lipinski definition) is 4. The normalized spacial score (nSPS) is 10.6. The van der Waals surface area contributed by atoms with Gasteiger partial charge in [-0.2, -0.15) is 0 Å². The van der Waals surface area contributed by atoms with Crippen LogP contribution in [0.5, 0.6) is 5.75 Å². The van der Waals surface area contributed by atoms with E-state index in [1.165, 1.54) is 0 Å². The minimum atomic E-state index is -0.0376. The third-order valence-corrected chi connectivity index (χ3v) is 3.80. The number of hydrogen-bond donors (Lipinski definition) is 2. The molecule has 0 atom stereocenters. The molecule has 0 aliphatic rings. The lowest BCUT2D eigenvalue weighted by Gasteiger charge is -2.12. The lowest BCUT2D eigenvalue weighted by molar-refractivity contribution is 0.313. The summed E-state index contributed by atoms with van der Waals surface area (Å²) in [6, 6.07) is 11.7. The fourth-order valence-electron chi connectivity index (χ4n) is 2.00. The van der Waals surface area contributed by atoms with Crippen molar-refractivity contribution < 1.29 is 4.74 Å². The fourth-order valence-corrected chi connectivity index (χ4v) is 2.62. The van der Waals surface area contributed by atoms with Crippen LogP contribution in [-0.2, 0) is 6.61 Å².